The molecule has 0 aliphatic heterocycles. The molecule has 0 atom stereocenters. The number of aromatic amines is 1. The van der Waals surface area contributed by atoms with Gasteiger partial charge in [0.15, 0.2) is 5.65 Å². The van der Waals surface area contributed by atoms with Gasteiger partial charge in [-0.05, 0) is 39.7 Å². The number of fused-ring (bicyclic) bond motifs is 2. The normalized spacial score (nSPS) is 14.5. The molecule has 3 aromatic heterocycles. The van der Waals surface area contributed by atoms with Gasteiger partial charge in [-0.3, -0.25) is 14.8 Å². The molecule has 24 heavy (non-hydrogen) atoms. The fraction of sp³-hybridized carbons (Fsp3) is 0.471. The highest BCUT2D eigenvalue weighted by molar-refractivity contribution is 7.11. The Labute approximate surface area is 144 Å². The van der Waals surface area contributed by atoms with E-state index in [2.05, 4.69) is 15.0 Å². The van der Waals surface area contributed by atoms with Crippen molar-refractivity contribution < 1.29 is 0 Å². The first kappa shape index (κ1) is 15.5. The van der Waals surface area contributed by atoms with Gasteiger partial charge < -0.3 is 0 Å². The Bertz CT molecular complexity index is 915. The number of aromatic nitrogens is 4. The van der Waals surface area contributed by atoms with Gasteiger partial charge in [-0.1, -0.05) is 0 Å². The van der Waals surface area contributed by atoms with Crippen molar-refractivity contribution in [1.29, 1.82) is 0 Å². The number of nitrogens with zero attached hydrogens (tertiary/aromatic N) is 4. The van der Waals surface area contributed by atoms with Crippen LogP contribution in [-0.4, -0.2) is 31.5 Å². The second-order valence-electron chi connectivity index (χ2n) is 6.58. The third kappa shape index (κ3) is 3.01. The fourth-order valence-electron chi connectivity index (χ4n) is 3.28. The molecule has 1 aliphatic carbocycles. The zero-order valence-corrected chi connectivity index (χ0v) is 14.8. The van der Waals surface area contributed by atoms with Crippen LogP contribution < -0.4 is 5.56 Å². The van der Waals surface area contributed by atoms with Crippen LogP contribution in [0.1, 0.15) is 39.8 Å². The van der Waals surface area contributed by atoms with Gasteiger partial charge in [0.1, 0.15) is 5.01 Å². The average Bonchev–Trinajstić information content (AvgIpc) is 3.09. The van der Waals surface area contributed by atoms with Crippen molar-refractivity contribution in [3.8, 4) is 0 Å². The van der Waals surface area contributed by atoms with Crippen LogP contribution in [0.5, 0.6) is 0 Å². The van der Waals surface area contributed by atoms with Gasteiger partial charge in [0.2, 0.25) is 0 Å². The van der Waals surface area contributed by atoms with Crippen LogP contribution in [0, 0.1) is 6.92 Å². The molecular formula is C17H21N5OS. The number of nitrogens with one attached hydrogen (secondary N) is 1. The minimum absolute atomic E-state index is 0.0683. The number of H-pyrrole nitrogens is 1. The van der Waals surface area contributed by atoms with Gasteiger partial charge in [-0.25, -0.2) is 14.5 Å². The maximum absolute atomic E-state index is 12.1. The molecule has 4 rings (SSSR count). The summed E-state index contributed by atoms with van der Waals surface area (Å²) in [7, 11) is 2.05. The Hall–Kier alpha value is -1.99. The Morgan fingerprint density at radius 1 is 1.25 bits per heavy atom. The van der Waals surface area contributed by atoms with E-state index in [4.69, 9.17) is 4.98 Å². The van der Waals surface area contributed by atoms with Gasteiger partial charge in [-0.15, -0.1) is 11.3 Å². The Morgan fingerprint density at radius 3 is 2.92 bits per heavy atom. The van der Waals surface area contributed by atoms with E-state index in [0.29, 0.717) is 12.2 Å². The lowest BCUT2D eigenvalue weighted by Crippen LogP contribution is -2.21. The van der Waals surface area contributed by atoms with Gasteiger partial charge in [0, 0.05) is 29.2 Å². The molecule has 1 aliphatic rings. The quantitative estimate of drug-likeness (QED) is 0.789. The topological polar surface area (TPSA) is 66.3 Å². The molecule has 7 heteroatoms. The van der Waals surface area contributed by atoms with Gasteiger partial charge in [-0.2, -0.15) is 0 Å². The first-order chi connectivity index (χ1) is 11.6. The van der Waals surface area contributed by atoms with Crippen molar-refractivity contribution in [3.63, 3.8) is 0 Å². The monoisotopic (exact) mass is 343 g/mol. The second kappa shape index (κ2) is 6.14. The second-order valence-corrected chi connectivity index (χ2v) is 7.74. The molecular weight excluding hydrogens is 322 g/mol. The van der Waals surface area contributed by atoms with Crippen molar-refractivity contribution in [2.45, 2.75) is 45.7 Å². The maximum atomic E-state index is 12.1. The standard InChI is InChI=1S/C17H21N5OS/c1-11-7-15-18-12(8-17(23)22(15)20-11)9-21(2)10-16-19-13-5-3-4-6-14(13)24-16/h7-8,20H,3-6,9-10H2,1-2H3. The van der Waals surface area contributed by atoms with E-state index >= 15 is 0 Å². The summed E-state index contributed by atoms with van der Waals surface area (Å²) in [4.78, 5) is 25.1. The smallest absolute Gasteiger partial charge is 0.272 e. The van der Waals surface area contributed by atoms with Crippen LogP contribution in [0.25, 0.3) is 5.65 Å². The highest BCUT2D eigenvalue weighted by Gasteiger charge is 2.16. The minimum atomic E-state index is -0.0683. The summed E-state index contributed by atoms with van der Waals surface area (Å²) in [6.45, 7) is 3.36. The van der Waals surface area contributed by atoms with Gasteiger partial charge in [0.05, 0.1) is 17.9 Å². The molecule has 3 heterocycles. The van der Waals surface area contributed by atoms with Crippen molar-refractivity contribution in [2.24, 2.45) is 0 Å². The summed E-state index contributed by atoms with van der Waals surface area (Å²) in [6, 6.07) is 3.49. The number of hydrogen-bond donors (Lipinski definition) is 1. The summed E-state index contributed by atoms with van der Waals surface area (Å²) < 4.78 is 1.48. The Balaban J connectivity index is 1.50. The third-order valence-corrected chi connectivity index (χ3v) is 5.50. The number of aryl methyl sites for hydroxylation is 3. The van der Waals surface area contributed by atoms with Crippen molar-refractivity contribution in [3.05, 3.63) is 49.5 Å². The molecule has 1 N–H and O–H groups in total. The molecule has 0 spiro atoms. The number of hydrogen-bond acceptors (Lipinski definition) is 5. The molecule has 126 valence electrons. The van der Waals surface area contributed by atoms with Gasteiger partial charge in [0.25, 0.3) is 5.56 Å². The molecule has 3 aromatic rings. The van der Waals surface area contributed by atoms with E-state index in [9.17, 15) is 4.79 Å². The third-order valence-electron chi connectivity index (χ3n) is 4.36. The zero-order chi connectivity index (χ0) is 16.7. The maximum Gasteiger partial charge on any atom is 0.272 e. The summed E-state index contributed by atoms with van der Waals surface area (Å²) in [6.07, 6.45) is 4.85. The first-order valence-corrected chi connectivity index (χ1v) is 9.14. The predicted molar refractivity (Wildman–Crippen MR) is 94.5 cm³/mol. The minimum Gasteiger partial charge on any atom is -0.294 e. The summed E-state index contributed by atoms with van der Waals surface area (Å²) >= 11 is 1.84. The SMILES string of the molecule is Cc1cc2nc(CN(C)Cc3nc4c(s3)CCCC4)cc(=O)n2[nH]1. The molecule has 0 fully saturated rings. The lowest BCUT2D eigenvalue weighted by atomic mass is 10.0. The van der Waals surface area contributed by atoms with Gasteiger partial charge >= 0.3 is 0 Å². The highest BCUT2D eigenvalue weighted by Crippen LogP contribution is 2.27. The van der Waals surface area contributed by atoms with E-state index in [1.807, 2.05) is 31.4 Å². The molecule has 0 unspecified atom stereocenters. The summed E-state index contributed by atoms with van der Waals surface area (Å²) in [5, 5.41) is 4.16. The van der Waals surface area contributed by atoms with E-state index < -0.39 is 0 Å². The molecule has 0 bridgehead atoms. The van der Waals surface area contributed by atoms with Crippen LogP contribution in [0.3, 0.4) is 0 Å². The van der Waals surface area contributed by atoms with Crippen LogP contribution in [-0.2, 0) is 25.9 Å². The van der Waals surface area contributed by atoms with Crippen molar-refractivity contribution in [2.75, 3.05) is 7.05 Å². The Kier molecular flexibility index (Phi) is 3.97. The van der Waals surface area contributed by atoms with E-state index in [1.165, 1.54) is 39.4 Å². The lowest BCUT2D eigenvalue weighted by Gasteiger charge is -2.14. The summed E-state index contributed by atoms with van der Waals surface area (Å²) in [5.41, 5.74) is 3.63. The van der Waals surface area contributed by atoms with E-state index in [0.717, 1.165) is 24.4 Å². The fourth-order valence-corrected chi connectivity index (χ4v) is 4.52. The lowest BCUT2D eigenvalue weighted by molar-refractivity contribution is 0.314. The van der Waals surface area contributed by atoms with E-state index in [-0.39, 0.29) is 5.56 Å². The van der Waals surface area contributed by atoms with E-state index in [1.54, 1.807) is 6.07 Å². The molecule has 0 aromatic carbocycles. The molecule has 0 saturated carbocycles. The molecule has 6 nitrogen and oxygen atoms in total. The predicted octanol–water partition coefficient (Wildman–Crippen LogP) is 2.30. The van der Waals surface area contributed by atoms with Crippen LogP contribution in [0.4, 0.5) is 0 Å². The number of thiazole rings is 1. The molecule has 0 amide bonds. The van der Waals surface area contributed by atoms with Crippen LogP contribution >= 0.6 is 11.3 Å². The highest BCUT2D eigenvalue weighted by atomic mass is 32.1. The first-order valence-electron chi connectivity index (χ1n) is 8.33. The summed E-state index contributed by atoms with van der Waals surface area (Å²) in [5.74, 6) is 0. The average molecular weight is 343 g/mol. The Morgan fingerprint density at radius 2 is 2.08 bits per heavy atom. The van der Waals surface area contributed by atoms with Crippen molar-refractivity contribution >= 4 is 17.0 Å². The zero-order valence-electron chi connectivity index (χ0n) is 14.0. The largest absolute Gasteiger partial charge is 0.294 e. The molecule has 0 saturated heterocycles. The van der Waals surface area contributed by atoms with Crippen LogP contribution in [0.15, 0.2) is 16.9 Å². The van der Waals surface area contributed by atoms with Crippen LogP contribution in [0.2, 0.25) is 0 Å². The molecule has 0 radical (unpaired) electrons. The number of rotatable bonds is 4. The van der Waals surface area contributed by atoms with Crippen molar-refractivity contribution in [1.82, 2.24) is 24.5 Å².